The van der Waals surface area contributed by atoms with Crippen LogP contribution in [0.5, 0.6) is 0 Å². The lowest BCUT2D eigenvalue weighted by Crippen LogP contribution is -2.04. The molecule has 5 nitrogen and oxygen atoms in total. The number of nitrogens with two attached hydrogens (primary N) is 1. The summed E-state index contributed by atoms with van der Waals surface area (Å²) >= 11 is 0. The van der Waals surface area contributed by atoms with E-state index in [9.17, 15) is 0 Å². The normalized spacial score (nSPS) is 11.7. The predicted octanol–water partition coefficient (Wildman–Crippen LogP) is 3.08. The van der Waals surface area contributed by atoms with Crippen molar-refractivity contribution in [3.05, 3.63) is 35.3 Å². The van der Waals surface area contributed by atoms with Crippen LogP contribution in [-0.4, -0.2) is 19.3 Å². The summed E-state index contributed by atoms with van der Waals surface area (Å²) < 4.78 is 3.86. The first-order valence-electron chi connectivity index (χ1n) is 7.17. The first kappa shape index (κ1) is 13.7. The first-order valence-corrected chi connectivity index (χ1v) is 7.17. The SMILES string of the molecule is Cc1cc2ncn(-c3c(N)c(C(C)C)nn3C)c2cc1C. The molecule has 0 spiro atoms. The Morgan fingerprint density at radius 3 is 2.43 bits per heavy atom. The van der Waals surface area contributed by atoms with Crippen LogP contribution in [0.3, 0.4) is 0 Å². The number of hydrogen-bond acceptors (Lipinski definition) is 3. The van der Waals surface area contributed by atoms with Crippen LogP contribution in [0.1, 0.15) is 36.6 Å². The molecule has 0 atom stereocenters. The summed E-state index contributed by atoms with van der Waals surface area (Å²) in [5.41, 5.74) is 12.5. The number of benzene rings is 1. The summed E-state index contributed by atoms with van der Waals surface area (Å²) in [6.07, 6.45) is 1.82. The van der Waals surface area contributed by atoms with Gasteiger partial charge in [-0.25, -0.2) is 9.67 Å². The molecule has 0 aliphatic heterocycles. The lowest BCUT2D eigenvalue weighted by molar-refractivity contribution is 0.696. The monoisotopic (exact) mass is 283 g/mol. The fourth-order valence-corrected chi connectivity index (χ4v) is 2.70. The third-order valence-electron chi connectivity index (χ3n) is 4.02. The summed E-state index contributed by atoms with van der Waals surface area (Å²) in [5, 5.41) is 4.56. The van der Waals surface area contributed by atoms with Gasteiger partial charge in [-0.05, 0) is 43.0 Å². The van der Waals surface area contributed by atoms with Gasteiger partial charge in [-0.1, -0.05) is 13.8 Å². The predicted molar refractivity (Wildman–Crippen MR) is 85.8 cm³/mol. The van der Waals surface area contributed by atoms with E-state index < -0.39 is 0 Å². The smallest absolute Gasteiger partial charge is 0.160 e. The van der Waals surface area contributed by atoms with Crippen molar-refractivity contribution in [2.45, 2.75) is 33.6 Å². The molecule has 0 bridgehead atoms. The van der Waals surface area contributed by atoms with Gasteiger partial charge in [0, 0.05) is 7.05 Å². The fourth-order valence-electron chi connectivity index (χ4n) is 2.70. The van der Waals surface area contributed by atoms with E-state index in [1.54, 1.807) is 0 Å². The maximum Gasteiger partial charge on any atom is 0.160 e. The molecule has 0 aliphatic carbocycles. The third kappa shape index (κ3) is 2.00. The Balaban J connectivity index is 2.29. The molecule has 1 aromatic carbocycles. The van der Waals surface area contributed by atoms with Crippen molar-refractivity contribution in [2.24, 2.45) is 7.05 Å². The second-order valence-corrected chi connectivity index (χ2v) is 5.94. The second-order valence-electron chi connectivity index (χ2n) is 5.94. The van der Waals surface area contributed by atoms with Gasteiger partial charge in [-0.3, -0.25) is 4.57 Å². The van der Waals surface area contributed by atoms with Gasteiger partial charge in [0.2, 0.25) is 0 Å². The molecule has 0 fully saturated rings. The van der Waals surface area contributed by atoms with Crippen molar-refractivity contribution in [1.29, 1.82) is 0 Å². The lowest BCUT2D eigenvalue weighted by Gasteiger charge is -2.08. The van der Waals surface area contributed by atoms with E-state index >= 15 is 0 Å². The second kappa shape index (κ2) is 4.62. The van der Waals surface area contributed by atoms with Crippen molar-refractivity contribution in [2.75, 3.05) is 5.73 Å². The Hall–Kier alpha value is -2.30. The number of nitrogens with zero attached hydrogens (tertiary/aromatic N) is 4. The van der Waals surface area contributed by atoms with Crippen LogP contribution in [0.4, 0.5) is 5.69 Å². The molecule has 2 heterocycles. The minimum atomic E-state index is 0.295. The molecule has 0 saturated carbocycles. The van der Waals surface area contributed by atoms with Gasteiger partial charge in [0.1, 0.15) is 6.33 Å². The average molecular weight is 283 g/mol. The zero-order chi connectivity index (χ0) is 15.3. The quantitative estimate of drug-likeness (QED) is 0.786. The molecule has 0 aliphatic rings. The van der Waals surface area contributed by atoms with E-state index in [-0.39, 0.29) is 0 Å². The Morgan fingerprint density at radius 1 is 1.14 bits per heavy atom. The molecule has 0 amide bonds. The van der Waals surface area contributed by atoms with Crippen molar-refractivity contribution in [3.63, 3.8) is 0 Å². The fraction of sp³-hybridized carbons (Fsp3) is 0.375. The number of rotatable bonds is 2. The molecule has 21 heavy (non-hydrogen) atoms. The van der Waals surface area contributed by atoms with Crippen molar-refractivity contribution in [3.8, 4) is 5.82 Å². The number of aromatic nitrogens is 4. The van der Waals surface area contributed by atoms with Crippen LogP contribution in [0, 0.1) is 13.8 Å². The molecular formula is C16H21N5. The average Bonchev–Trinajstić information content (AvgIpc) is 2.92. The largest absolute Gasteiger partial charge is 0.394 e. The molecule has 3 aromatic rings. The zero-order valence-corrected chi connectivity index (χ0v) is 13.2. The van der Waals surface area contributed by atoms with Gasteiger partial charge in [0.05, 0.1) is 22.4 Å². The maximum atomic E-state index is 6.32. The Kier molecular flexibility index (Phi) is 3.01. The topological polar surface area (TPSA) is 61.7 Å². The van der Waals surface area contributed by atoms with Gasteiger partial charge in [-0.2, -0.15) is 5.10 Å². The lowest BCUT2D eigenvalue weighted by atomic mass is 10.1. The van der Waals surface area contributed by atoms with E-state index in [0.29, 0.717) is 5.92 Å². The standard InChI is InChI=1S/C16H21N5/c1-9(2)15-14(17)16(20(5)19-15)21-8-18-12-6-10(3)11(4)7-13(12)21/h6-9H,17H2,1-5H3. The highest BCUT2D eigenvalue weighted by Gasteiger charge is 2.19. The highest BCUT2D eigenvalue weighted by molar-refractivity contribution is 5.80. The van der Waals surface area contributed by atoms with Gasteiger partial charge in [-0.15, -0.1) is 0 Å². The molecule has 110 valence electrons. The van der Waals surface area contributed by atoms with Crippen molar-refractivity contribution < 1.29 is 0 Å². The van der Waals surface area contributed by atoms with Crippen LogP contribution in [0.15, 0.2) is 18.5 Å². The zero-order valence-electron chi connectivity index (χ0n) is 13.2. The molecule has 0 radical (unpaired) electrons. The van der Waals surface area contributed by atoms with Crippen LogP contribution >= 0.6 is 0 Å². The van der Waals surface area contributed by atoms with Gasteiger partial charge < -0.3 is 5.73 Å². The van der Waals surface area contributed by atoms with E-state index in [1.807, 2.05) is 22.6 Å². The molecule has 0 unspecified atom stereocenters. The maximum absolute atomic E-state index is 6.32. The summed E-state index contributed by atoms with van der Waals surface area (Å²) in [5.74, 6) is 1.17. The molecular weight excluding hydrogens is 262 g/mol. The molecule has 2 aromatic heterocycles. The molecule has 5 heteroatoms. The summed E-state index contributed by atoms with van der Waals surface area (Å²) in [4.78, 5) is 4.50. The van der Waals surface area contributed by atoms with Crippen molar-refractivity contribution >= 4 is 16.7 Å². The van der Waals surface area contributed by atoms with E-state index in [1.165, 1.54) is 11.1 Å². The summed E-state index contributed by atoms with van der Waals surface area (Å²) in [6.45, 7) is 8.41. The Bertz CT molecular complexity index is 823. The number of fused-ring (bicyclic) bond motifs is 1. The number of hydrogen-bond donors (Lipinski definition) is 1. The van der Waals surface area contributed by atoms with E-state index in [0.717, 1.165) is 28.2 Å². The first-order chi connectivity index (χ1) is 9.90. The highest BCUT2D eigenvalue weighted by atomic mass is 15.3. The van der Waals surface area contributed by atoms with Crippen molar-refractivity contribution in [1.82, 2.24) is 19.3 Å². The van der Waals surface area contributed by atoms with Crippen LogP contribution in [0.25, 0.3) is 16.9 Å². The number of nitrogen functional groups attached to an aromatic ring is 1. The van der Waals surface area contributed by atoms with Crippen LogP contribution < -0.4 is 5.73 Å². The van der Waals surface area contributed by atoms with Crippen LogP contribution in [-0.2, 0) is 7.05 Å². The van der Waals surface area contributed by atoms with Gasteiger partial charge >= 0.3 is 0 Å². The minimum Gasteiger partial charge on any atom is -0.394 e. The summed E-state index contributed by atoms with van der Waals surface area (Å²) in [7, 11) is 1.92. The summed E-state index contributed by atoms with van der Waals surface area (Å²) in [6, 6.07) is 4.26. The Labute approximate surface area is 124 Å². The van der Waals surface area contributed by atoms with Crippen LogP contribution in [0.2, 0.25) is 0 Å². The Morgan fingerprint density at radius 2 is 1.81 bits per heavy atom. The number of aryl methyl sites for hydroxylation is 3. The van der Waals surface area contributed by atoms with Gasteiger partial charge in [0.15, 0.2) is 5.82 Å². The molecule has 2 N–H and O–H groups in total. The van der Waals surface area contributed by atoms with E-state index in [4.69, 9.17) is 5.73 Å². The molecule has 3 rings (SSSR count). The third-order valence-corrected chi connectivity index (χ3v) is 4.02. The number of anilines is 1. The van der Waals surface area contributed by atoms with E-state index in [2.05, 4.69) is 49.9 Å². The van der Waals surface area contributed by atoms with Gasteiger partial charge in [0.25, 0.3) is 0 Å². The molecule has 0 saturated heterocycles. The minimum absolute atomic E-state index is 0.295. The highest BCUT2D eigenvalue weighted by Crippen LogP contribution is 2.29. The number of imidazole rings is 1.